The van der Waals surface area contributed by atoms with Gasteiger partial charge in [-0.05, 0) is 85.2 Å². The fourth-order valence-corrected chi connectivity index (χ4v) is 9.45. The van der Waals surface area contributed by atoms with Gasteiger partial charge in [-0.1, -0.05) is 42.1 Å². The molecule has 3 aromatic carbocycles. The minimum absolute atomic E-state index is 0.0164. The van der Waals surface area contributed by atoms with Gasteiger partial charge in [-0.3, -0.25) is 10.3 Å². The highest BCUT2D eigenvalue weighted by molar-refractivity contribution is 8.13. The van der Waals surface area contributed by atoms with Gasteiger partial charge in [-0.25, -0.2) is 0 Å². The Hall–Kier alpha value is -3.26. The number of phenolic OH excluding ortho intramolecular Hbond substituents is 1. The third-order valence-electron chi connectivity index (χ3n) is 10.6. The molecule has 1 spiro atoms. The first kappa shape index (κ1) is 24.3. The molecule has 0 unspecified atom stereocenters. The fraction of sp³-hybridized carbons (Fsp3) is 0.382. The number of benzene rings is 3. The number of piperidine rings is 1. The zero-order chi connectivity index (χ0) is 27.5. The van der Waals surface area contributed by atoms with Gasteiger partial charge in [0.1, 0.15) is 0 Å². The van der Waals surface area contributed by atoms with E-state index in [2.05, 4.69) is 34.1 Å². The largest absolute Gasteiger partial charge is 0.504 e. The van der Waals surface area contributed by atoms with Crippen LogP contribution in [0.25, 0.3) is 10.9 Å². The van der Waals surface area contributed by atoms with E-state index in [0.717, 1.165) is 70.0 Å². The lowest BCUT2D eigenvalue weighted by atomic mass is 9.49. The number of likely N-dealkylation sites (tertiary alicyclic amines) is 1. The van der Waals surface area contributed by atoms with Crippen molar-refractivity contribution >= 4 is 27.7 Å². The lowest BCUT2D eigenvalue weighted by Crippen LogP contribution is -2.74. The Morgan fingerprint density at radius 3 is 2.80 bits per heavy atom. The van der Waals surface area contributed by atoms with Crippen molar-refractivity contribution in [3.05, 3.63) is 88.6 Å². The topological polar surface area (TPSA) is 92.6 Å². The molecule has 1 saturated carbocycles. The van der Waals surface area contributed by atoms with Crippen LogP contribution in [-0.4, -0.2) is 49.9 Å². The van der Waals surface area contributed by atoms with E-state index in [-0.39, 0.29) is 17.9 Å². The molecule has 2 aliphatic heterocycles. The van der Waals surface area contributed by atoms with Crippen molar-refractivity contribution in [2.75, 3.05) is 13.1 Å². The van der Waals surface area contributed by atoms with Crippen molar-refractivity contribution in [2.24, 2.45) is 5.92 Å². The van der Waals surface area contributed by atoms with Crippen LogP contribution in [0.1, 0.15) is 53.3 Å². The van der Waals surface area contributed by atoms with Crippen molar-refractivity contribution in [3.8, 4) is 11.5 Å². The number of H-pyrrole nitrogens is 1. The molecule has 7 heteroatoms. The van der Waals surface area contributed by atoms with Gasteiger partial charge in [0.2, 0.25) is 0 Å². The van der Waals surface area contributed by atoms with Gasteiger partial charge in [0, 0.05) is 46.8 Å². The number of aromatic hydroxyl groups is 1. The molecule has 4 aromatic rings. The molecule has 2 fully saturated rings. The van der Waals surface area contributed by atoms with E-state index in [0.29, 0.717) is 23.6 Å². The first-order valence-electron chi connectivity index (χ1n) is 14.9. The van der Waals surface area contributed by atoms with E-state index < -0.39 is 11.0 Å². The van der Waals surface area contributed by atoms with Crippen LogP contribution >= 0.6 is 11.8 Å². The summed E-state index contributed by atoms with van der Waals surface area (Å²) in [5.74, 6) is 1.49. The van der Waals surface area contributed by atoms with Gasteiger partial charge in [-0.15, -0.1) is 0 Å². The van der Waals surface area contributed by atoms with Crippen LogP contribution in [-0.2, 0) is 24.7 Å². The molecule has 9 rings (SSSR count). The summed E-state index contributed by atoms with van der Waals surface area (Å²) in [7, 11) is 0. The normalized spacial score (nSPS) is 29.2. The molecule has 1 saturated heterocycles. The zero-order valence-electron chi connectivity index (χ0n) is 22.8. The van der Waals surface area contributed by atoms with E-state index >= 15 is 0 Å². The number of aromatic amines is 1. The second-order valence-corrected chi connectivity index (χ2v) is 14.0. The maximum absolute atomic E-state index is 13.1. The molecule has 3 aliphatic carbocycles. The molecule has 41 heavy (non-hydrogen) atoms. The standard InChI is InChI=1S/C34H33N3O3S/c35-28(41-22-4-2-1-3-5-22)15-20-8-10-25-23(14-20)24-17-34(39)27-16-21-9-11-26(38)31-29(21)33(34,32(40-31)30(24)36-25)12-13-37(27)18-19-6-7-19/h1-5,8-11,14,19,27,32,35-36,38-39H,6-7,12-13,15-18H2/t27-,32+,33+,34-/m1/s1. The predicted octanol–water partition coefficient (Wildman–Crippen LogP) is 5.88. The summed E-state index contributed by atoms with van der Waals surface area (Å²) >= 11 is 1.50. The van der Waals surface area contributed by atoms with Crippen LogP contribution in [0.4, 0.5) is 0 Å². The van der Waals surface area contributed by atoms with Crippen LogP contribution in [0, 0.1) is 11.3 Å². The molecule has 0 radical (unpaired) electrons. The summed E-state index contributed by atoms with van der Waals surface area (Å²) in [6, 6.07) is 20.4. The van der Waals surface area contributed by atoms with Crippen LogP contribution in [0.5, 0.6) is 11.5 Å². The van der Waals surface area contributed by atoms with Gasteiger partial charge in [-0.2, -0.15) is 0 Å². The number of nitrogens with zero attached hydrogens (tertiary/aromatic N) is 1. The summed E-state index contributed by atoms with van der Waals surface area (Å²) < 4.78 is 6.72. The molecule has 5 aliphatic rings. The molecule has 4 atom stereocenters. The predicted molar refractivity (Wildman–Crippen MR) is 160 cm³/mol. The molecule has 208 valence electrons. The molecular weight excluding hydrogens is 530 g/mol. The molecule has 1 aromatic heterocycles. The maximum Gasteiger partial charge on any atom is 0.166 e. The molecule has 0 amide bonds. The highest BCUT2D eigenvalue weighted by Gasteiger charge is 2.72. The molecule has 3 heterocycles. The lowest BCUT2D eigenvalue weighted by molar-refractivity contribution is -0.173. The third-order valence-corrected chi connectivity index (χ3v) is 11.5. The number of rotatable bonds is 5. The summed E-state index contributed by atoms with van der Waals surface area (Å²) in [6.07, 6.45) is 4.92. The van der Waals surface area contributed by atoms with Crippen LogP contribution < -0.4 is 4.74 Å². The van der Waals surface area contributed by atoms with E-state index in [1.165, 1.54) is 30.2 Å². The summed E-state index contributed by atoms with van der Waals surface area (Å²) in [5, 5.41) is 34.4. The van der Waals surface area contributed by atoms with Gasteiger partial charge in [0.25, 0.3) is 0 Å². The Labute approximate surface area is 243 Å². The average molecular weight is 564 g/mol. The molecule has 4 N–H and O–H groups in total. The second kappa shape index (κ2) is 8.40. The number of ether oxygens (including phenoxy) is 1. The summed E-state index contributed by atoms with van der Waals surface area (Å²) in [5.41, 5.74) is 4.97. The number of fused-ring (bicyclic) bond motifs is 4. The third kappa shape index (κ3) is 3.31. The number of hydrogen-bond donors (Lipinski definition) is 4. The van der Waals surface area contributed by atoms with Crippen LogP contribution in [0.15, 0.2) is 65.6 Å². The van der Waals surface area contributed by atoms with Crippen molar-refractivity contribution in [1.29, 1.82) is 5.41 Å². The molecule has 6 nitrogen and oxygen atoms in total. The van der Waals surface area contributed by atoms with Crippen molar-refractivity contribution < 1.29 is 14.9 Å². The molecule has 2 bridgehead atoms. The van der Waals surface area contributed by atoms with Crippen LogP contribution in [0.2, 0.25) is 0 Å². The average Bonchev–Trinajstić information content (AvgIpc) is 3.61. The monoisotopic (exact) mass is 563 g/mol. The van der Waals surface area contributed by atoms with Crippen molar-refractivity contribution in [2.45, 2.75) is 66.6 Å². The summed E-state index contributed by atoms with van der Waals surface area (Å²) in [6.45, 7) is 2.00. The maximum atomic E-state index is 13.1. The van der Waals surface area contributed by atoms with E-state index in [1.807, 2.05) is 30.3 Å². The smallest absolute Gasteiger partial charge is 0.166 e. The minimum Gasteiger partial charge on any atom is -0.504 e. The Kier molecular flexibility index (Phi) is 4.99. The van der Waals surface area contributed by atoms with E-state index in [4.69, 9.17) is 10.1 Å². The quantitative estimate of drug-likeness (QED) is 0.138. The number of thioether (sulfide) groups is 1. The minimum atomic E-state index is -0.995. The van der Waals surface area contributed by atoms with Crippen LogP contribution in [0.3, 0.4) is 0 Å². The fourth-order valence-electron chi connectivity index (χ4n) is 8.63. The van der Waals surface area contributed by atoms with Crippen molar-refractivity contribution in [3.63, 3.8) is 0 Å². The van der Waals surface area contributed by atoms with E-state index in [1.54, 1.807) is 6.07 Å². The Morgan fingerprint density at radius 1 is 1.12 bits per heavy atom. The lowest BCUT2D eigenvalue weighted by Gasteiger charge is -2.62. The van der Waals surface area contributed by atoms with Gasteiger partial charge >= 0.3 is 0 Å². The number of nitrogens with one attached hydrogen (secondary N) is 2. The zero-order valence-corrected chi connectivity index (χ0v) is 23.6. The SMILES string of the molecule is N=C(Cc1ccc2[nH]c3c(c2c1)C[C@@]1(O)[C@H]2Cc4ccc(O)c5c4[C@@]1(CCN2CC1CC1)[C@H]3O5)Sc1ccccc1. The number of aromatic nitrogens is 1. The highest BCUT2D eigenvalue weighted by Crippen LogP contribution is 2.69. The Balaban J connectivity index is 1.15. The molecular formula is C34H33N3O3S. The number of phenols is 1. The Morgan fingerprint density at radius 2 is 1.98 bits per heavy atom. The highest BCUT2D eigenvalue weighted by atomic mass is 32.2. The van der Waals surface area contributed by atoms with Gasteiger partial charge < -0.3 is 19.9 Å². The number of hydrogen-bond acceptors (Lipinski definition) is 6. The first-order valence-corrected chi connectivity index (χ1v) is 15.7. The Bertz CT molecular complexity index is 1750. The van der Waals surface area contributed by atoms with Gasteiger partial charge in [0.15, 0.2) is 17.6 Å². The van der Waals surface area contributed by atoms with Gasteiger partial charge in [0.05, 0.1) is 21.8 Å². The first-order chi connectivity index (χ1) is 19.9. The number of aliphatic hydroxyl groups is 1. The van der Waals surface area contributed by atoms with E-state index in [9.17, 15) is 10.2 Å². The van der Waals surface area contributed by atoms with Crippen molar-refractivity contribution in [1.82, 2.24) is 9.88 Å². The second-order valence-electron chi connectivity index (χ2n) is 12.8. The summed E-state index contributed by atoms with van der Waals surface area (Å²) in [4.78, 5) is 7.35.